The van der Waals surface area contributed by atoms with E-state index in [1.54, 1.807) is 0 Å². The summed E-state index contributed by atoms with van der Waals surface area (Å²) in [6.07, 6.45) is 6.04. The molecule has 2 heterocycles. The van der Waals surface area contributed by atoms with Gasteiger partial charge in [-0.15, -0.1) is 0 Å². The molecule has 1 spiro atoms. The summed E-state index contributed by atoms with van der Waals surface area (Å²) < 4.78 is 11.8. The smallest absolute Gasteiger partial charge is 0.310 e. The van der Waals surface area contributed by atoms with E-state index in [9.17, 15) is 4.79 Å². The lowest BCUT2D eigenvalue weighted by atomic mass is 9.53. The third-order valence-corrected chi connectivity index (χ3v) is 7.00. The molecule has 2 aliphatic carbocycles. The van der Waals surface area contributed by atoms with Crippen LogP contribution in [0.1, 0.15) is 52.9 Å². The maximum atomic E-state index is 12.4. The molecule has 0 aromatic heterocycles. The number of hydrogen-bond donors (Lipinski definition) is 1. The second-order valence-electron chi connectivity index (χ2n) is 9.15. The Morgan fingerprint density at radius 3 is 2.83 bits per heavy atom. The molecular weight excluding hydrogens is 290 g/mol. The van der Waals surface area contributed by atoms with Crippen LogP contribution in [0.5, 0.6) is 0 Å². The van der Waals surface area contributed by atoms with E-state index in [0.717, 1.165) is 32.5 Å². The highest BCUT2D eigenvalue weighted by molar-refractivity contribution is 5.75. The van der Waals surface area contributed by atoms with E-state index in [1.807, 2.05) is 0 Å². The normalized spacial score (nSPS) is 48.3. The van der Waals surface area contributed by atoms with Crippen LogP contribution in [0, 0.1) is 29.1 Å². The third-order valence-electron chi connectivity index (χ3n) is 7.00. The van der Waals surface area contributed by atoms with Crippen LogP contribution in [-0.2, 0) is 14.3 Å². The van der Waals surface area contributed by atoms with E-state index in [1.165, 1.54) is 19.3 Å². The zero-order chi connectivity index (χ0) is 16.2. The molecule has 0 aromatic carbocycles. The van der Waals surface area contributed by atoms with Crippen molar-refractivity contribution in [1.82, 2.24) is 5.32 Å². The number of epoxide rings is 1. The summed E-state index contributed by atoms with van der Waals surface area (Å²) in [6, 6.07) is 0. The van der Waals surface area contributed by atoms with E-state index in [-0.39, 0.29) is 23.6 Å². The minimum Gasteiger partial charge on any atom is -0.462 e. The van der Waals surface area contributed by atoms with Crippen molar-refractivity contribution >= 4 is 5.97 Å². The summed E-state index contributed by atoms with van der Waals surface area (Å²) >= 11 is 0. The van der Waals surface area contributed by atoms with E-state index >= 15 is 0 Å². The molecule has 2 aliphatic heterocycles. The first-order chi connectivity index (χ1) is 10.9. The zero-order valence-corrected chi connectivity index (χ0v) is 14.8. The monoisotopic (exact) mass is 321 g/mol. The van der Waals surface area contributed by atoms with Gasteiger partial charge in [0.1, 0.15) is 6.10 Å². The van der Waals surface area contributed by atoms with Gasteiger partial charge >= 0.3 is 5.97 Å². The Kier molecular flexibility index (Phi) is 3.77. The first-order valence-electron chi connectivity index (χ1n) is 9.49. The maximum absolute atomic E-state index is 12.4. The minimum absolute atomic E-state index is 0.0317. The Balaban J connectivity index is 1.49. The molecule has 4 nitrogen and oxygen atoms in total. The van der Waals surface area contributed by atoms with Crippen LogP contribution >= 0.6 is 0 Å². The summed E-state index contributed by atoms with van der Waals surface area (Å²) in [5.41, 5.74) is 0.454. The maximum Gasteiger partial charge on any atom is 0.310 e. The highest BCUT2D eigenvalue weighted by atomic mass is 16.6. The van der Waals surface area contributed by atoms with Crippen LogP contribution in [0.15, 0.2) is 0 Å². The number of nitrogens with one attached hydrogen (secondary N) is 1. The van der Waals surface area contributed by atoms with E-state index < -0.39 is 0 Å². The van der Waals surface area contributed by atoms with Crippen molar-refractivity contribution in [2.45, 2.75) is 64.6 Å². The van der Waals surface area contributed by atoms with Gasteiger partial charge in [0.25, 0.3) is 0 Å². The van der Waals surface area contributed by atoms with Crippen LogP contribution in [0.3, 0.4) is 0 Å². The van der Waals surface area contributed by atoms with Gasteiger partial charge in [-0.05, 0) is 55.9 Å². The van der Waals surface area contributed by atoms with Crippen molar-refractivity contribution < 1.29 is 14.3 Å². The second kappa shape index (κ2) is 5.45. The van der Waals surface area contributed by atoms with Crippen LogP contribution < -0.4 is 5.32 Å². The van der Waals surface area contributed by atoms with Gasteiger partial charge in [0.2, 0.25) is 0 Å². The Labute approximate surface area is 139 Å². The lowest BCUT2D eigenvalue weighted by molar-refractivity contribution is -0.147. The lowest BCUT2D eigenvalue weighted by Gasteiger charge is -2.51. The first-order valence-corrected chi connectivity index (χ1v) is 9.49. The quantitative estimate of drug-likeness (QED) is 0.639. The summed E-state index contributed by atoms with van der Waals surface area (Å²) in [5.74, 6) is 1.69. The van der Waals surface area contributed by atoms with Crippen molar-refractivity contribution in [2.24, 2.45) is 29.1 Å². The number of ether oxygens (including phenoxy) is 2. The van der Waals surface area contributed by atoms with Gasteiger partial charge in [0.15, 0.2) is 0 Å². The molecule has 4 heteroatoms. The Hall–Kier alpha value is -0.610. The predicted octanol–water partition coefficient (Wildman–Crippen LogP) is 2.76. The fraction of sp³-hybridized carbons (Fsp3) is 0.947. The van der Waals surface area contributed by atoms with Crippen molar-refractivity contribution in [1.29, 1.82) is 0 Å². The molecule has 1 N–H and O–H groups in total. The SMILES string of the molecule is CC(C)CNCC1C(=O)OC2CC3(C)CCCC4(CO4)C3CC21. The average molecular weight is 321 g/mol. The molecule has 6 atom stereocenters. The van der Waals surface area contributed by atoms with Crippen LogP contribution in [-0.4, -0.2) is 37.4 Å². The predicted molar refractivity (Wildman–Crippen MR) is 87.9 cm³/mol. The average Bonchev–Trinajstić information content (AvgIpc) is 3.17. The molecule has 0 radical (unpaired) electrons. The highest BCUT2D eigenvalue weighted by Crippen LogP contribution is 2.62. The third kappa shape index (κ3) is 2.62. The van der Waals surface area contributed by atoms with Crippen LogP contribution in [0.25, 0.3) is 0 Å². The van der Waals surface area contributed by atoms with Crippen LogP contribution in [0.2, 0.25) is 0 Å². The first kappa shape index (κ1) is 15.9. The van der Waals surface area contributed by atoms with Gasteiger partial charge in [-0.25, -0.2) is 0 Å². The molecule has 2 saturated heterocycles. The summed E-state index contributed by atoms with van der Waals surface area (Å²) in [7, 11) is 0. The van der Waals surface area contributed by atoms with Crippen molar-refractivity contribution in [3.05, 3.63) is 0 Å². The van der Waals surface area contributed by atoms with Gasteiger partial charge in [-0.2, -0.15) is 0 Å². The van der Waals surface area contributed by atoms with Gasteiger partial charge in [-0.1, -0.05) is 20.8 Å². The molecule has 4 rings (SSSR count). The minimum atomic E-state index is 0.0317. The topological polar surface area (TPSA) is 50.9 Å². The molecule has 4 fully saturated rings. The molecule has 6 unspecified atom stereocenters. The number of esters is 1. The van der Waals surface area contributed by atoms with E-state index in [4.69, 9.17) is 9.47 Å². The van der Waals surface area contributed by atoms with Crippen molar-refractivity contribution in [3.8, 4) is 0 Å². The lowest BCUT2D eigenvalue weighted by Crippen LogP contribution is -2.51. The molecular formula is C19H31NO3. The fourth-order valence-electron chi connectivity index (χ4n) is 5.72. The number of hydrogen-bond acceptors (Lipinski definition) is 4. The number of rotatable bonds is 4. The van der Waals surface area contributed by atoms with Gasteiger partial charge in [0.05, 0.1) is 18.1 Å². The second-order valence-corrected chi connectivity index (χ2v) is 9.15. The van der Waals surface area contributed by atoms with E-state index in [0.29, 0.717) is 23.2 Å². The molecule has 4 aliphatic rings. The zero-order valence-electron chi connectivity index (χ0n) is 14.8. The Morgan fingerprint density at radius 2 is 2.13 bits per heavy atom. The fourth-order valence-corrected chi connectivity index (χ4v) is 5.72. The summed E-state index contributed by atoms with van der Waals surface area (Å²) in [5, 5.41) is 3.48. The molecule has 0 amide bonds. The number of fused-ring (bicyclic) bond motifs is 3. The number of carbonyl (C=O) groups excluding carboxylic acids is 1. The summed E-state index contributed by atoms with van der Waals surface area (Å²) in [6.45, 7) is 9.49. The van der Waals surface area contributed by atoms with Gasteiger partial charge in [0, 0.05) is 12.5 Å². The largest absolute Gasteiger partial charge is 0.462 e. The molecule has 23 heavy (non-hydrogen) atoms. The van der Waals surface area contributed by atoms with Crippen LogP contribution in [0.4, 0.5) is 0 Å². The Bertz CT molecular complexity index is 487. The molecule has 2 saturated carbocycles. The standard InChI is InChI=1S/C19H31NO3/c1-12(2)9-20-10-14-13-7-16-18(3,8-15(13)23-17(14)21)5-4-6-19(16)11-22-19/h12-16,20H,4-11H2,1-3H3. The Morgan fingerprint density at radius 1 is 1.35 bits per heavy atom. The van der Waals surface area contributed by atoms with Crippen molar-refractivity contribution in [2.75, 3.05) is 19.7 Å². The summed E-state index contributed by atoms with van der Waals surface area (Å²) in [4.78, 5) is 12.4. The van der Waals surface area contributed by atoms with Gasteiger partial charge < -0.3 is 14.8 Å². The van der Waals surface area contributed by atoms with Crippen molar-refractivity contribution in [3.63, 3.8) is 0 Å². The highest BCUT2D eigenvalue weighted by Gasteiger charge is 2.64. The molecule has 0 bridgehead atoms. The van der Waals surface area contributed by atoms with E-state index in [2.05, 4.69) is 26.1 Å². The molecule has 0 aromatic rings. The van der Waals surface area contributed by atoms with Gasteiger partial charge in [-0.3, -0.25) is 4.79 Å². The number of carbonyl (C=O) groups is 1. The molecule has 130 valence electrons.